The van der Waals surface area contributed by atoms with E-state index in [-0.39, 0.29) is 22.2 Å². The minimum atomic E-state index is -4.60. The lowest BCUT2D eigenvalue weighted by Gasteiger charge is -2.12. The van der Waals surface area contributed by atoms with Gasteiger partial charge < -0.3 is 5.73 Å². The Morgan fingerprint density at radius 1 is 1.35 bits per heavy atom. The molecule has 0 aliphatic heterocycles. The molecule has 1 heterocycles. The van der Waals surface area contributed by atoms with Crippen molar-refractivity contribution >= 4 is 34.1 Å². The number of aromatic nitrogens is 1. The smallest absolute Gasteiger partial charge is 0.397 e. The van der Waals surface area contributed by atoms with E-state index < -0.39 is 22.7 Å². The first-order valence-corrected chi connectivity index (χ1v) is 5.59. The van der Waals surface area contributed by atoms with Crippen LogP contribution in [0, 0.1) is 0 Å². The Labute approximate surface area is 115 Å². The maximum absolute atomic E-state index is 12.7. The quantitative estimate of drug-likeness (QED) is 0.427. The number of nitrogens with one attached hydrogen (secondary N) is 1. The molecule has 20 heavy (non-hydrogen) atoms. The van der Waals surface area contributed by atoms with Crippen molar-refractivity contribution in [3.05, 3.63) is 34.5 Å². The molecule has 1 aromatic heterocycles. The van der Waals surface area contributed by atoms with Crippen LogP contribution in [-0.2, 0) is 6.18 Å². The van der Waals surface area contributed by atoms with Gasteiger partial charge in [0.05, 0.1) is 27.4 Å². The van der Waals surface area contributed by atoms with Gasteiger partial charge in [0.1, 0.15) is 0 Å². The Morgan fingerprint density at radius 3 is 2.55 bits per heavy atom. The molecule has 0 atom stereocenters. The number of halogens is 4. The summed E-state index contributed by atoms with van der Waals surface area (Å²) in [6, 6.07) is 1.80. The zero-order valence-electron chi connectivity index (χ0n) is 9.75. The fourth-order valence-corrected chi connectivity index (χ4v) is 1.98. The molecule has 1 aromatic carbocycles. The van der Waals surface area contributed by atoms with Gasteiger partial charge in [0, 0.05) is 11.6 Å². The number of nitrogens with two attached hydrogens (primary N) is 2. The van der Waals surface area contributed by atoms with E-state index in [0.29, 0.717) is 0 Å². The number of fused-ring (bicyclic) bond motifs is 1. The number of nitrogen functional groups attached to an aromatic ring is 2. The average Bonchev–Trinajstić information content (AvgIpc) is 2.37. The van der Waals surface area contributed by atoms with Crippen molar-refractivity contribution in [2.24, 2.45) is 5.84 Å². The molecule has 106 valence electrons. The van der Waals surface area contributed by atoms with Gasteiger partial charge in [-0.2, -0.15) is 13.2 Å². The van der Waals surface area contributed by atoms with Crippen LogP contribution in [0.4, 0.5) is 18.9 Å². The zero-order chi connectivity index (χ0) is 15.1. The molecule has 0 unspecified atom stereocenters. The van der Waals surface area contributed by atoms with Crippen LogP contribution in [0.15, 0.2) is 18.3 Å². The van der Waals surface area contributed by atoms with Crippen LogP contribution in [0.25, 0.3) is 10.9 Å². The third kappa shape index (κ3) is 2.35. The normalized spacial score (nSPS) is 11.7. The lowest BCUT2D eigenvalue weighted by molar-refractivity contribution is -0.137. The highest BCUT2D eigenvalue weighted by Crippen LogP contribution is 2.38. The van der Waals surface area contributed by atoms with Gasteiger partial charge >= 0.3 is 6.18 Å². The van der Waals surface area contributed by atoms with Gasteiger partial charge in [0.15, 0.2) is 0 Å². The molecule has 0 saturated carbocycles. The standard InChI is InChI=1S/C11H8ClF3N4O/c12-7-1-4-8(2-6(7)11(13,14)15)18-3-5(9(4)16)10(20)19-17/h1-3H,17H2,(H2,16,18)(H,19,20). The van der Waals surface area contributed by atoms with E-state index in [2.05, 4.69) is 4.98 Å². The Morgan fingerprint density at radius 2 is 2.00 bits per heavy atom. The van der Waals surface area contributed by atoms with Crippen molar-refractivity contribution < 1.29 is 18.0 Å². The summed E-state index contributed by atoms with van der Waals surface area (Å²) < 4.78 is 38.1. The van der Waals surface area contributed by atoms with Gasteiger partial charge in [0.25, 0.3) is 5.91 Å². The Hall–Kier alpha value is -2.06. The Bertz CT molecular complexity index is 702. The first-order chi connectivity index (χ1) is 9.25. The summed E-state index contributed by atoms with van der Waals surface area (Å²) in [5.41, 5.74) is 6.46. The van der Waals surface area contributed by atoms with Crippen molar-refractivity contribution in [1.82, 2.24) is 10.4 Å². The Kier molecular flexibility index (Phi) is 3.45. The highest BCUT2D eigenvalue weighted by Gasteiger charge is 2.33. The van der Waals surface area contributed by atoms with Gasteiger partial charge in [-0.15, -0.1) is 0 Å². The molecule has 0 saturated heterocycles. The first-order valence-electron chi connectivity index (χ1n) is 5.21. The predicted molar refractivity (Wildman–Crippen MR) is 67.8 cm³/mol. The van der Waals surface area contributed by atoms with E-state index in [0.717, 1.165) is 18.3 Å². The van der Waals surface area contributed by atoms with E-state index >= 15 is 0 Å². The number of hydrogen-bond acceptors (Lipinski definition) is 4. The lowest BCUT2D eigenvalue weighted by atomic mass is 10.1. The molecule has 2 aromatic rings. The van der Waals surface area contributed by atoms with Crippen LogP contribution in [-0.4, -0.2) is 10.9 Å². The van der Waals surface area contributed by atoms with E-state index in [4.69, 9.17) is 23.2 Å². The SMILES string of the molecule is NNC(=O)c1cnc2cc(C(F)(F)F)c(Cl)cc2c1N. The van der Waals surface area contributed by atoms with Gasteiger partial charge in [-0.25, -0.2) is 5.84 Å². The molecule has 5 nitrogen and oxygen atoms in total. The molecule has 0 fully saturated rings. The number of carbonyl (C=O) groups excluding carboxylic acids is 1. The number of benzene rings is 1. The third-order valence-electron chi connectivity index (χ3n) is 2.68. The molecule has 0 spiro atoms. The van der Waals surface area contributed by atoms with Crippen LogP contribution < -0.4 is 17.0 Å². The number of rotatable bonds is 1. The molecule has 0 radical (unpaired) electrons. The molecule has 0 bridgehead atoms. The Balaban J connectivity index is 2.73. The predicted octanol–water partition coefficient (Wildman–Crippen LogP) is 2.09. The topological polar surface area (TPSA) is 94.0 Å². The summed E-state index contributed by atoms with van der Waals surface area (Å²) in [5, 5.41) is -0.382. The number of hydrogen-bond donors (Lipinski definition) is 3. The van der Waals surface area contributed by atoms with Crippen LogP contribution in [0.1, 0.15) is 15.9 Å². The van der Waals surface area contributed by atoms with E-state index in [1.807, 2.05) is 5.43 Å². The number of hydrazine groups is 1. The summed E-state index contributed by atoms with van der Waals surface area (Å²) in [7, 11) is 0. The molecule has 0 aliphatic rings. The molecule has 5 N–H and O–H groups in total. The lowest BCUT2D eigenvalue weighted by Crippen LogP contribution is -2.30. The zero-order valence-corrected chi connectivity index (χ0v) is 10.5. The van der Waals surface area contributed by atoms with Crippen LogP contribution >= 0.6 is 11.6 Å². The van der Waals surface area contributed by atoms with E-state index in [1.165, 1.54) is 0 Å². The summed E-state index contributed by atoms with van der Waals surface area (Å²) in [4.78, 5) is 15.2. The second kappa shape index (κ2) is 4.80. The second-order valence-electron chi connectivity index (χ2n) is 3.91. The molecule has 0 aliphatic carbocycles. The van der Waals surface area contributed by atoms with Crippen molar-refractivity contribution in [1.29, 1.82) is 0 Å². The van der Waals surface area contributed by atoms with Crippen molar-refractivity contribution in [3.8, 4) is 0 Å². The van der Waals surface area contributed by atoms with Gasteiger partial charge in [0.2, 0.25) is 0 Å². The summed E-state index contributed by atoms with van der Waals surface area (Å²) >= 11 is 5.60. The molecular weight excluding hydrogens is 297 g/mol. The number of pyridine rings is 1. The molecule has 1 amide bonds. The van der Waals surface area contributed by atoms with Gasteiger partial charge in [-0.05, 0) is 12.1 Å². The minimum Gasteiger partial charge on any atom is -0.397 e. The second-order valence-corrected chi connectivity index (χ2v) is 4.31. The third-order valence-corrected chi connectivity index (χ3v) is 2.99. The number of alkyl halides is 3. The van der Waals surface area contributed by atoms with Crippen molar-refractivity contribution in [3.63, 3.8) is 0 Å². The van der Waals surface area contributed by atoms with E-state index in [9.17, 15) is 18.0 Å². The maximum atomic E-state index is 12.7. The average molecular weight is 305 g/mol. The highest BCUT2D eigenvalue weighted by molar-refractivity contribution is 6.32. The van der Waals surface area contributed by atoms with Crippen LogP contribution in [0.2, 0.25) is 5.02 Å². The van der Waals surface area contributed by atoms with Crippen molar-refractivity contribution in [2.45, 2.75) is 6.18 Å². The van der Waals surface area contributed by atoms with Crippen LogP contribution in [0.3, 0.4) is 0 Å². The number of anilines is 1. The molecule has 2 rings (SSSR count). The first kappa shape index (κ1) is 14.4. The largest absolute Gasteiger partial charge is 0.417 e. The van der Waals surface area contributed by atoms with Gasteiger partial charge in [-0.3, -0.25) is 15.2 Å². The van der Waals surface area contributed by atoms with E-state index in [1.54, 1.807) is 0 Å². The highest BCUT2D eigenvalue weighted by atomic mass is 35.5. The summed E-state index contributed by atoms with van der Waals surface area (Å²) in [5.74, 6) is 4.27. The molecular formula is C11H8ClF3N4O. The number of carbonyl (C=O) groups is 1. The summed E-state index contributed by atoms with van der Waals surface area (Å²) in [6.07, 6.45) is -3.55. The van der Waals surface area contributed by atoms with Crippen LogP contribution in [0.5, 0.6) is 0 Å². The monoisotopic (exact) mass is 304 g/mol. The molecule has 9 heteroatoms. The number of nitrogens with zero attached hydrogens (tertiary/aromatic N) is 1. The van der Waals surface area contributed by atoms with Crippen molar-refractivity contribution in [2.75, 3.05) is 5.73 Å². The summed E-state index contributed by atoms with van der Waals surface area (Å²) in [6.45, 7) is 0. The minimum absolute atomic E-state index is 0.0206. The maximum Gasteiger partial charge on any atom is 0.417 e. The fourth-order valence-electron chi connectivity index (χ4n) is 1.71. The van der Waals surface area contributed by atoms with Gasteiger partial charge in [-0.1, -0.05) is 11.6 Å². The fraction of sp³-hybridized carbons (Fsp3) is 0.0909. The number of amides is 1.